The van der Waals surface area contributed by atoms with E-state index in [0.717, 1.165) is 22.5 Å². The molecule has 1 unspecified atom stereocenters. The number of anilines is 1. The van der Waals surface area contributed by atoms with Gasteiger partial charge in [0, 0.05) is 6.42 Å². The number of halogens is 3. The van der Waals surface area contributed by atoms with Crippen molar-refractivity contribution in [3.63, 3.8) is 0 Å². The molecule has 25 heavy (non-hydrogen) atoms. The Morgan fingerprint density at radius 1 is 1.12 bits per heavy atom. The van der Waals surface area contributed by atoms with Crippen molar-refractivity contribution < 1.29 is 26.4 Å². The van der Waals surface area contributed by atoms with Gasteiger partial charge in [-0.15, -0.1) is 0 Å². The second-order valence-electron chi connectivity index (χ2n) is 5.58. The summed E-state index contributed by atoms with van der Waals surface area (Å²) in [5.41, 5.74) is 5.05. The fourth-order valence-electron chi connectivity index (χ4n) is 2.82. The Bertz CT molecular complexity index is 942. The number of nitrogens with two attached hydrogens (primary N) is 1. The minimum absolute atomic E-state index is 0.0731. The molecule has 0 fully saturated rings. The molecule has 0 bridgehead atoms. The third-order valence-corrected chi connectivity index (χ3v) is 5.79. The highest BCUT2D eigenvalue weighted by Gasteiger charge is 2.42. The van der Waals surface area contributed by atoms with Crippen LogP contribution < -0.4 is 10.0 Å². The zero-order valence-corrected chi connectivity index (χ0v) is 13.5. The Kier molecular flexibility index (Phi) is 3.98. The zero-order valence-electron chi connectivity index (χ0n) is 12.7. The van der Waals surface area contributed by atoms with Crippen LogP contribution in [0, 0.1) is 0 Å². The van der Waals surface area contributed by atoms with Gasteiger partial charge in [-0.05, 0) is 29.8 Å². The van der Waals surface area contributed by atoms with Gasteiger partial charge in [-0.25, -0.2) is 8.42 Å². The molecule has 5 nitrogen and oxygen atoms in total. The van der Waals surface area contributed by atoms with Crippen LogP contribution in [0.3, 0.4) is 0 Å². The van der Waals surface area contributed by atoms with Gasteiger partial charge in [0.15, 0.2) is 0 Å². The molecular weight excluding hydrogens is 357 g/mol. The molecule has 0 spiro atoms. The number of sulfonamides is 1. The highest BCUT2D eigenvalue weighted by atomic mass is 32.2. The maximum atomic E-state index is 12.9. The van der Waals surface area contributed by atoms with E-state index in [2.05, 4.69) is 0 Å². The van der Waals surface area contributed by atoms with Crippen LogP contribution in [0.1, 0.15) is 11.1 Å². The topological polar surface area (TPSA) is 80.5 Å². The minimum atomic E-state index is -4.68. The predicted octanol–water partition coefficient (Wildman–Crippen LogP) is 2.31. The lowest BCUT2D eigenvalue weighted by molar-refractivity contribution is -0.137. The van der Waals surface area contributed by atoms with E-state index in [0.29, 0.717) is 11.6 Å². The molecular formula is C16H13F3N2O3S. The summed E-state index contributed by atoms with van der Waals surface area (Å²) in [6.45, 7) is 0. The number of para-hydroxylation sites is 1. The fourth-order valence-corrected chi connectivity index (χ4v) is 4.52. The van der Waals surface area contributed by atoms with Gasteiger partial charge in [0.2, 0.25) is 5.91 Å². The second kappa shape index (κ2) is 5.76. The van der Waals surface area contributed by atoms with E-state index in [9.17, 15) is 26.4 Å². The summed E-state index contributed by atoms with van der Waals surface area (Å²) in [4.78, 5) is 11.2. The molecule has 0 aromatic heterocycles. The van der Waals surface area contributed by atoms with Crippen molar-refractivity contribution in [2.75, 3.05) is 4.31 Å². The average Bonchev–Trinajstić information content (AvgIpc) is 2.94. The third kappa shape index (κ3) is 2.95. The zero-order chi connectivity index (χ0) is 18.4. The van der Waals surface area contributed by atoms with Crippen molar-refractivity contribution in [1.82, 2.24) is 0 Å². The molecule has 2 aromatic carbocycles. The molecule has 1 aliphatic rings. The molecule has 0 aliphatic carbocycles. The number of carbonyl (C=O) groups is 1. The second-order valence-corrected chi connectivity index (χ2v) is 7.39. The number of amides is 1. The Balaban J connectivity index is 2.15. The Morgan fingerprint density at radius 3 is 2.44 bits per heavy atom. The van der Waals surface area contributed by atoms with E-state index in [1.54, 1.807) is 18.2 Å². The van der Waals surface area contributed by atoms with E-state index >= 15 is 0 Å². The maximum absolute atomic E-state index is 12.9. The van der Waals surface area contributed by atoms with Crippen LogP contribution in [0.25, 0.3) is 0 Å². The highest BCUT2D eigenvalue weighted by molar-refractivity contribution is 7.93. The molecule has 2 N–H and O–H groups in total. The van der Waals surface area contributed by atoms with Gasteiger partial charge in [0.05, 0.1) is 16.1 Å². The van der Waals surface area contributed by atoms with E-state index < -0.39 is 38.6 Å². The van der Waals surface area contributed by atoms with Crippen LogP contribution in [-0.4, -0.2) is 20.4 Å². The van der Waals surface area contributed by atoms with Crippen molar-refractivity contribution in [3.05, 3.63) is 59.7 Å². The normalized spacial score (nSPS) is 17.4. The smallest absolute Gasteiger partial charge is 0.368 e. The molecule has 0 saturated heterocycles. The van der Waals surface area contributed by atoms with Gasteiger partial charge in [0.1, 0.15) is 6.04 Å². The summed E-state index contributed by atoms with van der Waals surface area (Å²) >= 11 is 0. The number of hydrogen-bond donors (Lipinski definition) is 1. The van der Waals surface area contributed by atoms with Crippen LogP contribution in [0.5, 0.6) is 0 Å². The standard InChI is InChI=1S/C16H13F3N2O3S/c17-16(18,19)11-5-3-6-12(9-11)25(23,24)21-13-7-2-1-4-10(13)8-14(21)15(20)22/h1-7,9,14H,8H2,(H2,20,22). The van der Waals surface area contributed by atoms with Crippen LogP contribution >= 0.6 is 0 Å². The summed E-state index contributed by atoms with van der Waals surface area (Å²) in [6.07, 6.45) is -4.61. The lowest BCUT2D eigenvalue weighted by Crippen LogP contribution is -2.46. The van der Waals surface area contributed by atoms with Crippen LogP contribution in [0.15, 0.2) is 53.4 Å². The number of alkyl halides is 3. The Labute approximate surface area is 141 Å². The lowest BCUT2D eigenvalue weighted by Gasteiger charge is -2.25. The summed E-state index contributed by atoms with van der Waals surface area (Å²) < 4.78 is 65.4. The number of carbonyl (C=O) groups excluding carboxylic acids is 1. The lowest BCUT2D eigenvalue weighted by atomic mass is 10.1. The SMILES string of the molecule is NC(=O)C1Cc2ccccc2N1S(=O)(=O)c1cccc(C(F)(F)F)c1. The first-order chi connectivity index (χ1) is 11.6. The first kappa shape index (κ1) is 17.3. The molecule has 0 saturated carbocycles. The first-order valence-corrected chi connectivity index (χ1v) is 8.65. The third-order valence-electron chi connectivity index (χ3n) is 3.97. The van der Waals surface area contributed by atoms with Gasteiger partial charge in [-0.1, -0.05) is 24.3 Å². The first-order valence-electron chi connectivity index (χ1n) is 7.21. The van der Waals surface area contributed by atoms with Gasteiger partial charge in [-0.2, -0.15) is 13.2 Å². The van der Waals surface area contributed by atoms with Gasteiger partial charge < -0.3 is 5.73 Å². The summed E-state index contributed by atoms with van der Waals surface area (Å²) in [7, 11) is -4.40. The van der Waals surface area contributed by atoms with Crippen molar-refractivity contribution >= 4 is 21.6 Å². The van der Waals surface area contributed by atoms with Crippen molar-refractivity contribution in [1.29, 1.82) is 0 Å². The fraction of sp³-hybridized carbons (Fsp3) is 0.188. The van der Waals surface area contributed by atoms with E-state index in [1.165, 1.54) is 6.07 Å². The summed E-state index contributed by atoms with van der Waals surface area (Å²) in [5.74, 6) is -0.869. The summed E-state index contributed by atoms with van der Waals surface area (Å²) in [5, 5.41) is 0. The average molecular weight is 370 g/mol. The molecule has 1 heterocycles. The van der Waals surface area contributed by atoms with Crippen LogP contribution in [0.4, 0.5) is 18.9 Å². The maximum Gasteiger partial charge on any atom is 0.416 e. The minimum Gasteiger partial charge on any atom is -0.368 e. The summed E-state index contributed by atoms with van der Waals surface area (Å²) in [6, 6.07) is 8.61. The quantitative estimate of drug-likeness (QED) is 0.900. The monoisotopic (exact) mass is 370 g/mol. The molecule has 132 valence electrons. The van der Waals surface area contributed by atoms with Crippen molar-refractivity contribution in [2.45, 2.75) is 23.5 Å². The number of hydrogen-bond acceptors (Lipinski definition) is 3. The molecule has 0 radical (unpaired) electrons. The van der Waals surface area contributed by atoms with Gasteiger partial charge >= 0.3 is 6.18 Å². The predicted molar refractivity (Wildman–Crippen MR) is 84.2 cm³/mol. The van der Waals surface area contributed by atoms with Crippen molar-refractivity contribution in [3.8, 4) is 0 Å². The molecule has 9 heteroatoms. The van der Waals surface area contributed by atoms with Crippen LogP contribution in [0.2, 0.25) is 0 Å². The van der Waals surface area contributed by atoms with Gasteiger partial charge in [-0.3, -0.25) is 9.10 Å². The Hall–Kier alpha value is -2.55. The van der Waals surface area contributed by atoms with Crippen LogP contribution in [-0.2, 0) is 27.4 Å². The molecule has 1 atom stereocenters. The largest absolute Gasteiger partial charge is 0.416 e. The van der Waals surface area contributed by atoms with E-state index in [-0.39, 0.29) is 12.1 Å². The van der Waals surface area contributed by atoms with Gasteiger partial charge in [0.25, 0.3) is 10.0 Å². The Morgan fingerprint density at radius 2 is 1.80 bits per heavy atom. The molecule has 3 rings (SSSR count). The number of primary amides is 1. The molecule has 1 aliphatic heterocycles. The van der Waals surface area contributed by atoms with E-state index in [4.69, 9.17) is 5.73 Å². The molecule has 1 amide bonds. The number of rotatable bonds is 3. The molecule has 2 aromatic rings. The number of nitrogens with zero attached hydrogens (tertiary/aromatic N) is 1. The van der Waals surface area contributed by atoms with Crippen molar-refractivity contribution in [2.24, 2.45) is 5.73 Å². The number of benzene rings is 2. The number of fused-ring (bicyclic) bond motifs is 1. The highest BCUT2D eigenvalue weighted by Crippen LogP contribution is 2.38. The van der Waals surface area contributed by atoms with E-state index in [1.807, 2.05) is 0 Å².